The van der Waals surface area contributed by atoms with Crippen LogP contribution in [0.5, 0.6) is 0 Å². The molecule has 0 aromatic rings. The Balaban J connectivity index is 3.30. The van der Waals surface area contributed by atoms with Crippen LogP contribution in [0.4, 0.5) is 0 Å². The Kier molecular flexibility index (Phi) is 11.8. The zero-order valence-electron chi connectivity index (χ0n) is 11.0. The molecule has 0 amide bonds. The Bertz CT molecular complexity index is 262. The van der Waals surface area contributed by atoms with E-state index >= 15 is 0 Å². The summed E-state index contributed by atoms with van der Waals surface area (Å²) >= 11 is 0. The second-order valence-electron chi connectivity index (χ2n) is 3.78. The summed E-state index contributed by atoms with van der Waals surface area (Å²) < 4.78 is 4.83. The van der Waals surface area contributed by atoms with Crippen molar-refractivity contribution in [2.75, 3.05) is 6.61 Å². The van der Waals surface area contributed by atoms with E-state index in [1.54, 1.807) is 0 Å². The molecule has 0 saturated heterocycles. The normalized spacial score (nSPS) is 11.9. The molecule has 0 aliphatic heterocycles. The van der Waals surface area contributed by atoms with Crippen molar-refractivity contribution >= 4 is 5.97 Å². The van der Waals surface area contributed by atoms with Crippen molar-refractivity contribution in [2.45, 2.75) is 46.0 Å². The summed E-state index contributed by atoms with van der Waals surface area (Å²) in [6.07, 6.45) is 18.0. The van der Waals surface area contributed by atoms with Gasteiger partial charge in [0.1, 0.15) is 0 Å². The summed E-state index contributed by atoms with van der Waals surface area (Å²) in [5.41, 5.74) is 0. The zero-order valence-corrected chi connectivity index (χ0v) is 11.0. The van der Waals surface area contributed by atoms with Crippen LogP contribution in [-0.4, -0.2) is 12.6 Å². The Morgan fingerprint density at radius 2 is 1.59 bits per heavy atom. The standard InChI is InChI=1S/C15H24O2/c1-3-4-5-6-7-8-9-10-11-12-13-14-17-15(2)16/h4-5,7-8,10-11H,3,6,9,12-14H2,1-2H3/b5-4-,8-7+,11-10-. The van der Waals surface area contributed by atoms with Crippen molar-refractivity contribution in [1.29, 1.82) is 0 Å². The van der Waals surface area contributed by atoms with Gasteiger partial charge < -0.3 is 4.74 Å². The SMILES string of the molecule is CC/C=C\C/C=C/C/C=C\CCCOC(C)=O. The molecule has 0 aliphatic rings. The molecule has 0 atom stereocenters. The van der Waals surface area contributed by atoms with E-state index in [-0.39, 0.29) is 5.97 Å². The molecule has 0 N–H and O–H groups in total. The molecule has 0 unspecified atom stereocenters. The van der Waals surface area contributed by atoms with Crippen molar-refractivity contribution in [3.05, 3.63) is 36.5 Å². The van der Waals surface area contributed by atoms with E-state index in [4.69, 9.17) is 4.74 Å². The number of ether oxygens (including phenoxy) is 1. The molecule has 0 fully saturated rings. The Morgan fingerprint density at radius 3 is 2.18 bits per heavy atom. The van der Waals surface area contributed by atoms with Gasteiger partial charge in [-0.3, -0.25) is 4.79 Å². The number of hydrogen-bond donors (Lipinski definition) is 0. The molecule has 17 heavy (non-hydrogen) atoms. The van der Waals surface area contributed by atoms with Crippen molar-refractivity contribution < 1.29 is 9.53 Å². The van der Waals surface area contributed by atoms with Gasteiger partial charge in [-0.2, -0.15) is 0 Å². The molecule has 0 bridgehead atoms. The second kappa shape index (κ2) is 12.8. The molecule has 96 valence electrons. The van der Waals surface area contributed by atoms with Crippen LogP contribution in [0.15, 0.2) is 36.5 Å². The van der Waals surface area contributed by atoms with Crippen LogP contribution < -0.4 is 0 Å². The fraction of sp³-hybridized carbons (Fsp3) is 0.533. The van der Waals surface area contributed by atoms with Gasteiger partial charge >= 0.3 is 5.97 Å². The first-order valence-electron chi connectivity index (χ1n) is 6.35. The van der Waals surface area contributed by atoms with E-state index < -0.39 is 0 Å². The average molecular weight is 236 g/mol. The summed E-state index contributed by atoms with van der Waals surface area (Å²) in [4.78, 5) is 10.5. The highest BCUT2D eigenvalue weighted by atomic mass is 16.5. The lowest BCUT2D eigenvalue weighted by Gasteiger charge is -1.97. The third kappa shape index (κ3) is 14.7. The van der Waals surface area contributed by atoms with Gasteiger partial charge in [-0.05, 0) is 32.1 Å². The number of allylic oxidation sites excluding steroid dienone is 6. The topological polar surface area (TPSA) is 26.3 Å². The van der Waals surface area contributed by atoms with Gasteiger partial charge in [0.2, 0.25) is 0 Å². The summed E-state index contributed by atoms with van der Waals surface area (Å²) in [7, 11) is 0. The molecule has 0 saturated carbocycles. The summed E-state index contributed by atoms with van der Waals surface area (Å²) in [6, 6.07) is 0. The molecule has 2 heteroatoms. The first-order valence-corrected chi connectivity index (χ1v) is 6.35. The van der Waals surface area contributed by atoms with Gasteiger partial charge in [0.05, 0.1) is 6.61 Å². The maximum atomic E-state index is 10.5. The van der Waals surface area contributed by atoms with Gasteiger partial charge in [-0.25, -0.2) is 0 Å². The fourth-order valence-corrected chi connectivity index (χ4v) is 1.24. The van der Waals surface area contributed by atoms with E-state index in [1.807, 2.05) is 0 Å². The minimum Gasteiger partial charge on any atom is -0.466 e. The third-order valence-electron chi connectivity index (χ3n) is 2.10. The van der Waals surface area contributed by atoms with E-state index in [2.05, 4.69) is 43.4 Å². The first-order chi connectivity index (χ1) is 8.27. The van der Waals surface area contributed by atoms with Crippen LogP contribution in [0.2, 0.25) is 0 Å². The van der Waals surface area contributed by atoms with Crippen LogP contribution in [0.3, 0.4) is 0 Å². The Morgan fingerprint density at radius 1 is 1.00 bits per heavy atom. The minimum atomic E-state index is -0.197. The first kappa shape index (κ1) is 15.7. The number of carbonyl (C=O) groups is 1. The second-order valence-corrected chi connectivity index (χ2v) is 3.78. The number of hydrogen-bond acceptors (Lipinski definition) is 2. The van der Waals surface area contributed by atoms with Crippen LogP contribution in [-0.2, 0) is 9.53 Å². The van der Waals surface area contributed by atoms with Gasteiger partial charge in [0.15, 0.2) is 0 Å². The summed E-state index contributed by atoms with van der Waals surface area (Å²) in [5, 5.41) is 0. The molecule has 0 rings (SSSR count). The molecule has 0 heterocycles. The van der Waals surface area contributed by atoms with Gasteiger partial charge in [-0.1, -0.05) is 43.4 Å². The van der Waals surface area contributed by atoms with E-state index in [1.165, 1.54) is 6.92 Å². The fourth-order valence-electron chi connectivity index (χ4n) is 1.24. The Labute approximate surface area is 105 Å². The number of rotatable bonds is 9. The molecule has 0 aromatic heterocycles. The molecular weight excluding hydrogens is 212 g/mol. The van der Waals surface area contributed by atoms with Crippen molar-refractivity contribution in [1.82, 2.24) is 0 Å². The lowest BCUT2D eigenvalue weighted by molar-refractivity contribution is -0.141. The predicted molar refractivity (Wildman–Crippen MR) is 72.8 cm³/mol. The smallest absolute Gasteiger partial charge is 0.302 e. The van der Waals surface area contributed by atoms with E-state index in [0.717, 1.165) is 32.1 Å². The molecule has 2 nitrogen and oxygen atoms in total. The van der Waals surface area contributed by atoms with Crippen molar-refractivity contribution in [2.24, 2.45) is 0 Å². The van der Waals surface area contributed by atoms with Crippen molar-refractivity contribution in [3.8, 4) is 0 Å². The van der Waals surface area contributed by atoms with Crippen LogP contribution in [0, 0.1) is 0 Å². The van der Waals surface area contributed by atoms with Crippen LogP contribution >= 0.6 is 0 Å². The molecule has 0 aromatic carbocycles. The number of carbonyl (C=O) groups excluding carboxylic acids is 1. The predicted octanol–water partition coefficient (Wildman–Crippen LogP) is 4.19. The highest BCUT2D eigenvalue weighted by Gasteiger charge is 1.89. The van der Waals surface area contributed by atoms with Crippen LogP contribution in [0.25, 0.3) is 0 Å². The largest absolute Gasteiger partial charge is 0.466 e. The monoisotopic (exact) mass is 236 g/mol. The van der Waals surface area contributed by atoms with E-state index in [0.29, 0.717) is 6.61 Å². The minimum absolute atomic E-state index is 0.197. The quantitative estimate of drug-likeness (QED) is 0.341. The molecular formula is C15H24O2. The van der Waals surface area contributed by atoms with Gasteiger partial charge in [0, 0.05) is 6.92 Å². The summed E-state index contributed by atoms with van der Waals surface area (Å²) in [6.45, 7) is 4.10. The summed E-state index contributed by atoms with van der Waals surface area (Å²) in [5.74, 6) is -0.197. The van der Waals surface area contributed by atoms with Gasteiger partial charge in [0.25, 0.3) is 0 Å². The van der Waals surface area contributed by atoms with E-state index in [9.17, 15) is 4.79 Å². The maximum absolute atomic E-state index is 10.5. The lowest BCUT2D eigenvalue weighted by atomic mass is 10.2. The molecule has 0 spiro atoms. The van der Waals surface area contributed by atoms with Gasteiger partial charge in [-0.15, -0.1) is 0 Å². The molecule has 0 aliphatic carbocycles. The molecule has 0 radical (unpaired) electrons. The van der Waals surface area contributed by atoms with Crippen molar-refractivity contribution in [3.63, 3.8) is 0 Å². The Hall–Kier alpha value is -1.31. The number of esters is 1. The highest BCUT2D eigenvalue weighted by molar-refractivity contribution is 5.65. The highest BCUT2D eigenvalue weighted by Crippen LogP contribution is 1.96. The van der Waals surface area contributed by atoms with Crippen LogP contribution in [0.1, 0.15) is 46.0 Å². The maximum Gasteiger partial charge on any atom is 0.302 e. The average Bonchev–Trinajstić information content (AvgIpc) is 2.30. The lowest BCUT2D eigenvalue weighted by Crippen LogP contribution is -1.99. The zero-order chi connectivity index (χ0) is 12.8. The number of unbranched alkanes of at least 4 members (excludes halogenated alkanes) is 1. The third-order valence-corrected chi connectivity index (χ3v) is 2.10.